The lowest BCUT2D eigenvalue weighted by Gasteiger charge is -2.10. The molecular formula is C17H19NO2. The highest BCUT2D eigenvalue weighted by Gasteiger charge is 2.08. The number of rotatable bonds is 6. The van der Waals surface area contributed by atoms with Crippen LogP contribution in [-0.4, -0.2) is 11.1 Å². The smallest absolute Gasteiger partial charge is 0.337 e. The maximum absolute atomic E-state index is 11.2. The van der Waals surface area contributed by atoms with Gasteiger partial charge in [0.25, 0.3) is 0 Å². The molecule has 0 saturated heterocycles. The first kappa shape index (κ1) is 14.1. The molecule has 0 heterocycles. The van der Waals surface area contributed by atoms with Crippen LogP contribution in [0.5, 0.6) is 0 Å². The van der Waals surface area contributed by atoms with Gasteiger partial charge in [-0.25, -0.2) is 4.79 Å². The molecule has 20 heavy (non-hydrogen) atoms. The number of hydrogen-bond acceptors (Lipinski definition) is 2. The third-order valence-electron chi connectivity index (χ3n) is 3.18. The van der Waals surface area contributed by atoms with Crippen LogP contribution in [0.15, 0.2) is 48.5 Å². The SMILES string of the molecule is CCCCc1cccc(Nc2ccccc2C(=O)O)c1. The fourth-order valence-electron chi connectivity index (χ4n) is 2.12. The van der Waals surface area contributed by atoms with Gasteiger partial charge < -0.3 is 10.4 Å². The minimum Gasteiger partial charge on any atom is -0.478 e. The zero-order valence-corrected chi connectivity index (χ0v) is 11.6. The maximum Gasteiger partial charge on any atom is 0.337 e. The van der Waals surface area contributed by atoms with Crippen molar-refractivity contribution in [2.45, 2.75) is 26.2 Å². The zero-order chi connectivity index (χ0) is 14.4. The molecule has 2 rings (SSSR count). The van der Waals surface area contributed by atoms with E-state index in [2.05, 4.69) is 24.4 Å². The van der Waals surface area contributed by atoms with Gasteiger partial charge in [-0.3, -0.25) is 0 Å². The molecule has 2 N–H and O–H groups in total. The van der Waals surface area contributed by atoms with Gasteiger partial charge in [-0.2, -0.15) is 0 Å². The molecule has 3 heteroatoms. The van der Waals surface area contributed by atoms with Crippen LogP contribution in [0.3, 0.4) is 0 Å². The minimum absolute atomic E-state index is 0.284. The normalized spacial score (nSPS) is 10.2. The molecule has 0 amide bonds. The van der Waals surface area contributed by atoms with E-state index in [4.69, 9.17) is 0 Å². The summed E-state index contributed by atoms with van der Waals surface area (Å²) in [4.78, 5) is 11.2. The Morgan fingerprint density at radius 2 is 1.95 bits per heavy atom. The Bertz CT molecular complexity index is 593. The van der Waals surface area contributed by atoms with Gasteiger partial charge in [0.15, 0.2) is 0 Å². The van der Waals surface area contributed by atoms with Crippen LogP contribution in [-0.2, 0) is 6.42 Å². The number of anilines is 2. The highest BCUT2D eigenvalue weighted by Crippen LogP contribution is 2.22. The first-order valence-corrected chi connectivity index (χ1v) is 6.89. The number of aromatic carboxylic acids is 1. The highest BCUT2D eigenvalue weighted by atomic mass is 16.4. The molecule has 0 radical (unpaired) electrons. The molecule has 0 bridgehead atoms. The molecule has 3 nitrogen and oxygen atoms in total. The molecule has 0 spiro atoms. The Balaban J connectivity index is 2.20. The molecule has 0 saturated carbocycles. The standard InChI is InChI=1S/C17H19NO2/c1-2-3-7-13-8-6-9-14(12-13)18-16-11-5-4-10-15(16)17(19)20/h4-6,8-12,18H,2-3,7H2,1H3,(H,19,20). The topological polar surface area (TPSA) is 49.3 Å². The van der Waals surface area contributed by atoms with Crippen LogP contribution < -0.4 is 5.32 Å². The van der Waals surface area contributed by atoms with Crippen LogP contribution in [0, 0.1) is 0 Å². The highest BCUT2D eigenvalue weighted by molar-refractivity contribution is 5.95. The van der Waals surface area contributed by atoms with Gasteiger partial charge >= 0.3 is 5.97 Å². The average molecular weight is 269 g/mol. The third kappa shape index (κ3) is 3.60. The predicted molar refractivity (Wildman–Crippen MR) is 81.7 cm³/mol. The van der Waals surface area contributed by atoms with Crippen molar-refractivity contribution in [3.63, 3.8) is 0 Å². The van der Waals surface area contributed by atoms with Crippen LogP contribution in [0.2, 0.25) is 0 Å². The Labute approximate surface area is 119 Å². The lowest BCUT2D eigenvalue weighted by atomic mass is 10.1. The molecule has 0 aromatic heterocycles. The second kappa shape index (κ2) is 6.75. The van der Waals surface area contributed by atoms with Crippen molar-refractivity contribution in [1.82, 2.24) is 0 Å². The molecule has 0 atom stereocenters. The number of carbonyl (C=O) groups is 1. The monoisotopic (exact) mass is 269 g/mol. The number of carboxylic acid groups (broad SMARTS) is 1. The summed E-state index contributed by atoms with van der Waals surface area (Å²) in [6, 6.07) is 15.1. The van der Waals surface area contributed by atoms with Crippen molar-refractivity contribution in [3.05, 3.63) is 59.7 Å². The molecule has 0 fully saturated rings. The number of unbranched alkanes of at least 4 members (excludes halogenated alkanes) is 1. The van der Waals surface area contributed by atoms with Gasteiger partial charge in [0.2, 0.25) is 0 Å². The van der Waals surface area contributed by atoms with Crippen molar-refractivity contribution >= 4 is 17.3 Å². The van der Waals surface area contributed by atoms with E-state index in [0.717, 1.165) is 18.5 Å². The first-order valence-electron chi connectivity index (χ1n) is 6.89. The number of hydrogen-bond donors (Lipinski definition) is 2. The number of aryl methyl sites for hydroxylation is 1. The van der Waals surface area contributed by atoms with Crippen LogP contribution >= 0.6 is 0 Å². The van der Waals surface area contributed by atoms with Crippen molar-refractivity contribution < 1.29 is 9.90 Å². The van der Waals surface area contributed by atoms with Crippen LogP contribution in [0.1, 0.15) is 35.7 Å². The Morgan fingerprint density at radius 3 is 2.70 bits per heavy atom. The van der Waals surface area contributed by atoms with Gasteiger partial charge in [-0.15, -0.1) is 0 Å². The fraction of sp³-hybridized carbons (Fsp3) is 0.235. The Kier molecular flexibility index (Phi) is 4.77. The van der Waals surface area contributed by atoms with E-state index in [-0.39, 0.29) is 5.56 Å². The molecule has 0 aliphatic carbocycles. The summed E-state index contributed by atoms with van der Waals surface area (Å²) < 4.78 is 0. The number of nitrogens with one attached hydrogen (secondary N) is 1. The lowest BCUT2D eigenvalue weighted by molar-refractivity contribution is 0.0698. The van der Waals surface area contributed by atoms with Crippen LogP contribution in [0.25, 0.3) is 0 Å². The van der Waals surface area contributed by atoms with Crippen molar-refractivity contribution in [2.24, 2.45) is 0 Å². The van der Waals surface area contributed by atoms with Gasteiger partial charge in [-0.1, -0.05) is 37.6 Å². The predicted octanol–water partition coefficient (Wildman–Crippen LogP) is 4.47. The second-order valence-electron chi connectivity index (χ2n) is 4.78. The summed E-state index contributed by atoms with van der Waals surface area (Å²) >= 11 is 0. The molecule has 2 aromatic carbocycles. The quantitative estimate of drug-likeness (QED) is 0.813. The van der Waals surface area contributed by atoms with E-state index in [0.29, 0.717) is 5.69 Å². The number of benzene rings is 2. The number of carboxylic acids is 1. The van der Waals surface area contributed by atoms with E-state index in [1.165, 1.54) is 12.0 Å². The van der Waals surface area contributed by atoms with E-state index in [1.54, 1.807) is 18.2 Å². The molecule has 104 valence electrons. The van der Waals surface area contributed by atoms with Gasteiger partial charge in [-0.05, 0) is 42.7 Å². The van der Waals surface area contributed by atoms with Gasteiger partial charge in [0, 0.05) is 5.69 Å². The summed E-state index contributed by atoms with van der Waals surface area (Å²) in [7, 11) is 0. The Morgan fingerprint density at radius 1 is 1.15 bits per heavy atom. The van der Waals surface area contributed by atoms with Crippen molar-refractivity contribution in [1.29, 1.82) is 0 Å². The van der Waals surface area contributed by atoms with E-state index >= 15 is 0 Å². The van der Waals surface area contributed by atoms with Gasteiger partial charge in [0.1, 0.15) is 0 Å². The summed E-state index contributed by atoms with van der Waals surface area (Å²) in [5.41, 5.74) is 3.09. The van der Waals surface area contributed by atoms with Gasteiger partial charge in [0.05, 0.1) is 11.3 Å². The van der Waals surface area contributed by atoms with E-state index < -0.39 is 5.97 Å². The molecule has 0 unspecified atom stereocenters. The van der Waals surface area contributed by atoms with Crippen molar-refractivity contribution in [2.75, 3.05) is 5.32 Å². The lowest BCUT2D eigenvalue weighted by Crippen LogP contribution is -2.02. The van der Waals surface area contributed by atoms with Crippen molar-refractivity contribution in [3.8, 4) is 0 Å². The first-order chi connectivity index (χ1) is 9.70. The molecule has 0 aliphatic rings. The number of para-hydroxylation sites is 1. The molecular weight excluding hydrogens is 250 g/mol. The minimum atomic E-state index is -0.921. The second-order valence-corrected chi connectivity index (χ2v) is 4.78. The third-order valence-corrected chi connectivity index (χ3v) is 3.18. The zero-order valence-electron chi connectivity index (χ0n) is 11.6. The Hall–Kier alpha value is -2.29. The molecule has 2 aromatic rings. The summed E-state index contributed by atoms with van der Waals surface area (Å²) in [5, 5.41) is 12.4. The van der Waals surface area contributed by atoms with E-state index in [1.807, 2.05) is 18.2 Å². The average Bonchev–Trinajstić information content (AvgIpc) is 2.46. The maximum atomic E-state index is 11.2. The summed E-state index contributed by atoms with van der Waals surface area (Å²) in [6.45, 7) is 2.17. The summed E-state index contributed by atoms with van der Waals surface area (Å²) in [5.74, 6) is -0.921. The fourth-order valence-corrected chi connectivity index (χ4v) is 2.12. The van der Waals surface area contributed by atoms with E-state index in [9.17, 15) is 9.90 Å². The largest absolute Gasteiger partial charge is 0.478 e. The van der Waals surface area contributed by atoms with Crippen LogP contribution in [0.4, 0.5) is 11.4 Å². The summed E-state index contributed by atoms with van der Waals surface area (Å²) in [6.07, 6.45) is 3.38. The molecule has 0 aliphatic heterocycles.